The van der Waals surface area contributed by atoms with Gasteiger partial charge in [-0.25, -0.2) is 19.9 Å². The molecule has 0 radical (unpaired) electrons. The van der Waals surface area contributed by atoms with Crippen LogP contribution in [0.15, 0.2) is 24.7 Å². The van der Waals surface area contributed by atoms with Gasteiger partial charge in [0, 0.05) is 56.3 Å². The van der Waals surface area contributed by atoms with E-state index in [1.807, 2.05) is 18.3 Å². The summed E-state index contributed by atoms with van der Waals surface area (Å²) < 4.78 is 0. The van der Waals surface area contributed by atoms with Crippen LogP contribution in [0.25, 0.3) is 20.6 Å². The molecule has 1 amide bonds. The van der Waals surface area contributed by atoms with E-state index in [-0.39, 0.29) is 5.92 Å². The molecule has 6 rings (SSSR count). The number of rotatable bonds is 3. The van der Waals surface area contributed by atoms with Gasteiger partial charge < -0.3 is 14.7 Å². The fourth-order valence-electron chi connectivity index (χ4n) is 5.01. The number of piperazine rings is 1. The molecule has 0 spiro atoms. The van der Waals surface area contributed by atoms with Crippen LogP contribution < -0.4 is 9.80 Å². The minimum absolute atomic E-state index is 0.0945. The van der Waals surface area contributed by atoms with Gasteiger partial charge in [-0.15, -0.1) is 11.3 Å². The standard InChI is InChI=1S/C24H27N7OS2/c1-15-16(2)33-22-19(15)20(26-14-27-22)29-8-5-17(6-9-29)23(32)30-10-12-31(13-11-30)24-28-18-4-3-7-25-21(18)34-24/h3-4,7,14,17H,5-6,8-13H2,1-2H3. The van der Waals surface area contributed by atoms with Crippen LogP contribution in [0.1, 0.15) is 23.3 Å². The van der Waals surface area contributed by atoms with Gasteiger partial charge in [0.2, 0.25) is 5.91 Å². The summed E-state index contributed by atoms with van der Waals surface area (Å²) in [7, 11) is 0. The number of amides is 1. The van der Waals surface area contributed by atoms with E-state index in [4.69, 9.17) is 4.98 Å². The van der Waals surface area contributed by atoms with Gasteiger partial charge in [-0.05, 0) is 44.4 Å². The number of fused-ring (bicyclic) bond motifs is 2. The molecule has 10 heteroatoms. The van der Waals surface area contributed by atoms with Gasteiger partial charge in [-0.2, -0.15) is 0 Å². The highest BCUT2D eigenvalue weighted by atomic mass is 32.1. The Labute approximate surface area is 206 Å². The summed E-state index contributed by atoms with van der Waals surface area (Å²) >= 11 is 3.36. The third kappa shape index (κ3) is 3.78. The van der Waals surface area contributed by atoms with Crippen LogP contribution in [-0.2, 0) is 4.79 Å². The summed E-state index contributed by atoms with van der Waals surface area (Å²) in [4.78, 5) is 41.5. The van der Waals surface area contributed by atoms with E-state index in [0.29, 0.717) is 5.91 Å². The van der Waals surface area contributed by atoms with E-state index < -0.39 is 0 Å². The van der Waals surface area contributed by atoms with Crippen LogP contribution in [-0.4, -0.2) is 70.0 Å². The Morgan fingerprint density at radius 1 is 0.941 bits per heavy atom. The molecule has 0 aliphatic carbocycles. The summed E-state index contributed by atoms with van der Waals surface area (Å²) in [5.41, 5.74) is 2.22. The molecule has 0 unspecified atom stereocenters. The summed E-state index contributed by atoms with van der Waals surface area (Å²) in [6.45, 7) is 9.15. The lowest BCUT2D eigenvalue weighted by Gasteiger charge is -2.38. The predicted octanol–water partition coefficient (Wildman–Crippen LogP) is 3.88. The smallest absolute Gasteiger partial charge is 0.225 e. The Hall–Kier alpha value is -2.85. The highest BCUT2D eigenvalue weighted by molar-refractivity contribution is 7.21. The number of carbonyl (C=O) groups is 1. The number of thiophene rings is 1. The summed E-state index contributed by atoms with van der Waals surface area (Å²) in [6, 6.07) is 3.92. The quantitative estimate of drug-likeness (QED) is 0.429. The molecule has 4 aromatic rings. The largest absolute Gasteiger partial charge is 0.356 e. The topological polar surface area (TPSA) is 78.4 Å². The van der Waals surface area contributed by atoms with Crippen LogP contribution in [0.5, 0.6) is 0 Å². The summed E-state index contributed by atoms with van der Waals surface area (Å²) in [6.07, 6.45) is 5.22. The van der Waals surface area contributed by atoms with E-state index >= 15 is 0 Å². The molecule has 2 fully saturated rings. The van der Waals surface area contributed by atoms with Gasteiger partial charge >= 0.3 is 0 Å². The number of thiazole rings is 1. The fourth-order valence-corrected chi connectivity index (χ4v) is 6.96. The number of nitrogens with zero attached hydrogens (tertiary/aromatic N) is 7. The highest BCUT2D eigenvalue weighted by Gasteiger charge is 2.32. The van der Waals surface area contributed by atoms with Crippen LogP contribution in [0.2, 0.25) is 0 Å². The Morgan fingerprint density at radius 2 is 1.74 bits per heavy atom. The van der Waals surface area contributed by atoms with E-state index in [2.05, 4.69) is 43.5 Å². The third-order valence-corrected chi connectivity index (χ3v) is 9.26. The van der Waals surface area contributed by atoms with Crippen molar-refractivity contribution in [3.63, 3.8) is 0 Å². The molecule has 4 aromatic heterocycles. The molecule has 2 aliphatic heterocycles. The second-order valence-corrected chi connectivity index (χ2v) is 11.2. The minimum Gasteiger partial charge on any atom is -0.356 e. The molecule has 6 heterocycles. The number of anilines is 2. The molecule has 176 valence electrons. The fraction of sp³-hybridized carbons (Fsp3) is 0.458. The van der Waals surface area contributed by atoms with E-state index in [0.717, 1.165) is 78.2 Å². The Balaban J connectivity index is 1.07. The first kappa shape index (κ1) is 21.7. The first-order valence-corrected chi connectivity index (χ1v) is 13.4. The molecule has 2 aliphatic rings. The number of aryl methyl sites for hydroxylation is 2. The lowest BCUT2D eigenvalue weighted by Crippen LogP contribution is -2.51. The molecule has 0 atom stereocenters. The average Bonchev–Trinajstić information content (AvgIpc) is 3.44. The van der Waals surface area contributed by atoms with Gasteiger partial charge in [0.15, 0.2) is 5.13 Å². The van der Waals surface area contributed by atoms with E-state index in [1.165, 1.54) is 15.8 Å². The van der Waals surface area contributed by atoms with Crippen LogP contribution >= 0.6 is 22.7 Å². The average molecular weight is 494 g/mol. The highest BCUT2D eigenvalue weighted by Crippen LogP contribution is 2.36. The second kappa shape index (κ2) is 8.74. The van der Waals surface area contributed by atoms with Gasteiger partial charge in [0.25, 0.3) is 0 Å². The van der Waals surface area contributed by atoms with Crippen molar-refractivity contribution in [2.75, 3.05) is 49.1 Å². The number of aromatic nitrogens is 4. The predicted molar refractivity (Wildman–Crippen MR) is 138 cm³/mol. The molecule has 0 N–H and O–H groups in total. The van der Waals surface area contributed by atoms with Crippen molar-refractivity contribution < 1.29 is 4.79 Å². The second-order valence-electron chi connectivity index (χ2n) is 9.06. The van der Waals surface area contributed by atoms with Gasteiger partial charge in [0.1, 0.15) is 27.3 Å². The van der Waals surface area contributed by atoms with Crippen molar-refractivity contribution in [1.29, 1.82) is 0 Å². The molecule has 0 aromatic carbocycles. The van der Waals surface area contributed by atoms with Crippen molar-refractivity contribution in [2.45, 2.75) is 26.7 Å². The number of carbonyl (C=O) groups excluding carboxylic acids is 1. The monoisotopic (exact) mass is 493 g/mol. The number of piperidine rings is 1. The maximum absolute atomic E-state index is 13.3. The molecule has 8 nitrogen and oxygen atoms in total. The Morgan fingerprint density at radius 3 is 2.50 bits per heavy atom. The molecular formula is C24H27N7OS2. The summed E-state index contributed by atoms with van der Waals surface area (Å²) in [5, 5.41) is 2.18. The molecule has 0 bridgehead atoms. The SMILES string of the molecule is Cc1sc2ncnc(N3CCC(C(=O)N4CCN(c5nc6cccnc6s5)CC4)CC3)c2c1C. The van der Waals surface area contributed by atoms with E-state index in [1.54, 1.807) is 29.0 Å². The van der Waals surface area contributed by atoms with Gasteiger partial charge in [-0.1, -0.05) is 11.3 Å². The number of hydrogen-bond acceptors (Lipinski definition) is 9. The number of hydrogen-bond donors (Lipinski definition) is 0. The number of pyridine rings is 1. The van der Waals surface area contributed by atoms with Crippen molar-refractivity contribution in [3.8, 4) is 0 Å². The molecule has 0 saturated carbocycles. The lowest BCUT2D eigenvalue weighted by molar-refractivity contribution is -0.136. The van der Waals surface area contributed by atoms with Crippen LogP contribution in [0.3, 0.4) is 0 Å². The molecule has 2 saturated heterocycles. The van der Waals surface area contributed by atoms with Crippen LogP contribution in [0, 0.1) is 19.8 Å². The zero-order chi connectivity index (χ0) is 23.2. The van der Waals surface area contributed by atoms with Crippen molar-refractivity contribution in [3.05, 3.63) is 35.1 Å². The Kier molecular flexibility index (Phi) is 5.57. The van der Waals surface area contributed by atoms with Crippen molar-refractivity contribution in [2.24, 2.45) is 5.92 Å². The van der Waals surface area contributed by atoms with Crippen molar-refractivity contribution >= 4 is 60.1 Å². The normalized spacial score (nSPS) is 17.8. The molecular weight excluding hydrogens is 466 g/mol. The Bertz CT molecular complexity index is 1320. The zero-order valence-corrected chi connectivity index (χ0v) is 21.0. The first-order valence-electron chi connectivity index (χ1n) is 11.8. The van der Waals surface area contributed by atoms with Gasteiger partial charge in [-0.3, -0.25) is 4.79 Å². The zero-order valence-electron chi connectivity index (χ0n) is 19.4. The van der Waals surface area contributed by atoms with E-state index in [9.17, 15) is 4.79 Å². The molecule has 34 heavy (non-hydrogen) atoms. The maximum atomic E-state index is 13.3. The first-order chi connectivity index (χ1) is 16.6. The maximum Gasteiger partial charge on any atom is 0.225 e. The minimum atomic E-state index is 0.0945. The summed E-state index contributed by atoms with van der Waals surface area (Å²) in [5.74, 6) is 1.43. The van der Waals surface area contributed by atoms with Gasteiger partial charge in [0.05, 0.1) is 5.39 Å². The van der Waals surface area contributed by atoms with Crippen molar-refractivity contribution in [1.82, 2.24) is 24.8 Å². The third-order valence-electron chi connectivity index (χ3n) is 7.11. The van der Waals surface area contributed by atoms with Crippen LogP contribution in [0.4, 0.5) is 10.9 Å². The lowest BCUT2D eigenvalue weighted by atomic mass is 9.94.